The van der Waals surface area contributed by atoms with E-state index in [2.05, 4.69) is 15.8 Å². The predicted octanol–water partition coefficient (Wildman–Crippen LogP) is 4.44. The molecule has 0 aliphatic rings. The van der Waals surface area contributed by atoms with E-state index >= 15 is 0 Å². The van der Waals surface area contributed by atoms with Crippen LogP contribution in [0.4, 0.5) is 0 Å². The maximum absolute atomic E-state index is 12.0. The maximum atomic E-state index is 12.0. The van der Waals surface area contributed by atoms with Crippen molar-refractivity contribution in [1.29, 1.82) is 0 Å². The van der Waals surface area contributed by atoms with E-state index in [1.54, 1.807) is 18.2 Å². The summed E-state index contributed by atoms with van der Waals surface area (Å²) >= 11 is 0. The zero-order valence-electron chi connectivity index (χ0n) is 16.4. The number of hydrogen-bond acceptors (Lipinski definition) is 5. The molecule has 1 aromatic carbocycles. The molecule has 0 spiro atoms. The SMILES string of the molecule is Cc1noc(C)c1-c1cc2c(cc(C)n2C)c(-c2cccc([S+](C)(=O)[O-])c2)n1. The lowest BCUT2D eigenvalue weighted by atomic mass is 10.0. The van der Waals surface area contributed by atoms with Gasteiger partial charge in [0.05, 0.1) is 38.4 Å². The molecule has 144 valence electrons. The number of benzene rings is 1. The van der Waals surface area contributed by atoms with Crippen molar-refractivity contribution in [1.82, 2.24) is 14.7 Å². The first-order valence-electron chi connectivity index (χ1n) is 8.87. The van der Waals surface area contributed by atoms with Crippen LogP contribution in [0, 0.1) is 20.8 Å². The van der Waals surface area contributed by atoms with Crippen molar-refractivity contribution in [2.45, 2.75) is 25.7 Å². The number of nitrogens with zero attached hydrogens (tertiary/aromatic N) is 3. The van der Waals surface area contributed by atoms with Gasteiger partial charge in [-0.05, 0) is 39.0 Å². The van der Waals surface area contributed by atoms with Crippen molar-refractivity contribution >= 4 is 21.1 Å². The minimum Gasteiger partial charge on any atom is -0.610 e. The maximum Gasteiger partial charge on any atom is 0.155 e. The van der Waals surface area contributed by atoms with Gasteiger partial charge in [-0.25, -0.2) is 4.98 Å². The van der Waals surface area contributed by atoms with Crippen LogP contribution < -0.4 is 0 Å². The third-order valence-corrected chi connectivity index (χ3v) is 6.22. The molecule has 28 heavy (non-hydrogen) atoms. The Kier molecular flexibility index (Phi) is 4.24. The molecule has 3 aromatic heterocycles. The molecule has 0 aliphatic carbocycles. The van der Waals surface area contributed by atoms with E-state index in [-0.39, 0.29) is 4.90 Å². The number of aryl methyl sites for hydroxylation is 4. The molecule has 7 heteroatoms. The number of sulfone groups is 1. The van der Waals surface area contributed by atoms with Crippen molar-refractivity contribution in [2.75, 3.05) is 6.26 Å². The molecule has 0 amide bonds. The Balaban J connectivity index is 2.06. The van der Waals surface area contributed by atoms with Gasteiger partial charge in [-0.15, -0.1) is 4.21 Å². The standard InChI is InChI=1S/C21H21N3O3S/c1-12-9-17-19(24(12)4)11-18(20-13(2)23-27-14(20)3)22-21(17)15-7-6-8-16(10-15)28(5,25)26/h6-11H,1-5H3. The third-order valence-electron chi connectivity index (χ3n) is 5.11. The van der Waals surface area contributed by atoms with Crippen LogP contribution in [0.1, 0.15) is 17.1 Å². The van der Waals surface area contributed by atoms with Crippen molar-refractivity contribution in [3.63, 3.8) is 0 Å². The minimum atomic E-state index is -3.31. The van der Waals surface area contributed by atoms with Crippen LogP contribution in [0.2, 0.25) is 0 Å². The van der Waals surface area contributed by atoms with E-state index in [9.17, 15) is 8.76 Å². The summed E-state index contributed by atoms with van der Waals surface area (Å²) in [6.45, 7) is 5.78. The van der Waals surface area contributed by atoms with Crippen LogP contribution >= 0.6 is 0 Å². The topological polar surface area (TPSA) is 84.0 Å². The summed E-state index contributed by atoms with van der Waals surface area (Å²) in [4.78, 5) is 5.18. The molecule has 4 aromatic rings. The highest BCUT2D eigenvalue weighted by molar-refractivity contribution is 7.97. The van der Waals surface area contributed by atoms with Crippen molar-refractivity contribution in [3.8, 4) is 22.5 Å². The molecule has 0 fully saturated rings. The van der Waals surface area contributed by atoms with E-state index in [0.717, 1.165) is 44.8 Å². The molecule has 0 radical (unpaired) electrons. The number of fused-ring (bicyclic) bond motifs is 1. The van der Waals surface area contributed by atoms with Crippen LogP contribution in [0.5, 0.6) is 0 Å². The summed E-state index contributed by atoms with van der Waals surface area (Å²) in [5.41, 5.74) is 5.99. The molecule has 0 saturated carbocycles. The fourth-order valence-corrected chi connectivity index (χ4v) is 4.19. The number of pyridine rings is 1. The molecule has 4 rings (SSSR count). The lowest BCUT2D eigenvalue weighted by Crippen LogP contribution is -2.06. The van der Waals surface area contributed by atoms with Crippen LogP contribution in [0.25, 0.3) is 33.4 Å². The summed E-state index contributed by atoms with van der Waals surface area (Å²) in [5.74, 6) is 0.700. The quantitative estimate of drug-likeness (QED) is 0.479. The molecule has 0 N–H and O–H groups in total. The summed E-state index contributed by atoms with van der Waals surface area (Å²) in [5, 5.41) is 5.02. The first kappa shape index (κ1) is 18.6. The van der Waals surface area contributed by atoms with Crippen LogP contribution in [0.3, 0.4) is 0 Å². The van der Waals surface area contributed by atoms with Gasteiger partial charge in [-0.3, -0.25) is 0 Å². The van der Waals surface area contributed by atoms with Gasteiger partial charge < -0.3 is 13.6 Å². The Labute approximate surface area is 164 Å². The van der Waals surface area contributed by atoms with Gasteiger partial charge >= 0.3 is 0 Å². The summed E-state index contributed by atoms with van der Waals surface area (Å²) in [7, 11) is -1.31. The average Bonchev–Trinajstić information content (AvgIpc) is 3.13. The monoisotopic (exact) mass is 395 g/mol. The first-order valence-corrected chi connectivity index (χ1v) is 10.8. The molecular weight excluding hydrogens is 374 g/mol. The van der Waals surface area contributed by atoms with Gasteiger partial charge in [0.15, 0.2) is 4.90 Å². The van der Waals surface area contributed by atoms with Gasteiger partial charge in [0.2, 0.25) is 0 Å². The van der Waals surface area contributed by atoms with Gasteiger partial charge in [0.1, 0.15) is 12.0 Å². The predicted molar refractivity (Wildman–Crippen MR) is 109 cm³/mol. The van der Waals surface area contributed by atoms with Crippen molar-refractivity contribution < 1.29 is 13.3 Å². The van der Waals surface area contributed by atoms with Crippen LogP contribution in [-0.4, -0.2) is 25.5 Å². The number of hydrogen-bond donors (Lipinski definition) is 0. The zero-order chi connectivity index (χ0) is 20.2. The molecule has 1 unspecified atom stereocenters. The molecule has 1 atom stereocenters. The lowest BCUT2D eigenvalue weighted by molar-refractivity contribution is 0.393. The van der Waals surface area contributed by atoms with E-state index in [4.69, 9.17) is 9.51 Å². The van der Waals surface area contributed by atoms with Crippen molar-refractivity contribution in [3.05, 3.63) is 53.5 Å². The smallest absolute Gasteiger partial charge is 0.155 e. The second-order valence-corrected chi connectivity index (χ2v) is 9.15. The number of aromatic nitrogens is 3. The third kappa shape index (κ3) is 2.96. The largest absolute Gasteiger partial charge is 0.610 e. The Bertz CT molecular complexity index is 1240. The Morgan fingerprint density at radius 3 is 2.54 bits per heavy atom. The minimum absolute atomic E-state index is 0.273. The Morgan fingerprint density at radius 1 is 1.14 bits per heavy atom. The van der Waals surface area contributed by atoms with Gasteiger partial charge in [-0.1, -0.05) is 17.3 Å². The summed E-state index contributed by atoms with van der Waals surface area (Å²) < 4.78 is 31.5. The van der Waals surface area contributed by atoms with Crippen molar-refractivity contribution in [2.24, 2.45) is 7.05 Å². The normalized spacial score (nSPS) is 13.8. The molecular formula is C21H21N3O3S. The summed E-state index contributed by atoms with van der Waals surface area (Å²) in [6, 6.07) is 11.0. The van der Waals surface area contributed by atoms with E-state index < -0.39 is 10.2 Å². The number of rotatable bonds is 3. The Morgan fingerprint density at radius 2 is 1.89 bits per heavy atom. The van der Waals surface area contributed by atoms with E-state index in [1.807, 2.05) is 40.0 Å². The molecule has 0 aliphatic heterocycles. The summed E-state index contributed by atoms with van der Waals surface area (Å²) in [6.07, 6.45) is 1.21. The van der Waals surface area contributed by atoms with Gasteiger partial charge in [0, 0.05) is 29.8 Å². The molecule has 0 bridgehead atoms. The fourth-order valence-electron chi connectivity index (χ4n) is 3.53. The second-order valence-electron chi connectivity index (χ2n) is 7.13. The average molecular weight is 395 g/mol. The molecule has 3 heterocycles. The van der Waals surface area contributed by atoms with Crippen LogP contribution in [-0.2, 0) is 21.5 Å². The fraction of sp³-hybridized carbons (Fsp3) is 0.238. The van der Waals surface area contributed by atoms with E-state index in [1.165, 1.54) is 6.26 Å². The highest BCUT2D eigenvalue weighted by atomic mass is 32.3. The highest BCUT2D eigenvalue weighted by Crippen LogP contribution is 2.35. The van der Waals surface area contributed by atoms with Gasteiger partial charge in [-0.2, -0.15) is 0 Å². The highest BCUT2D eigenvalue weighted by Gasteiger charge is 2.20. The molecule has 6 nitrogen and oxygen atoms in total. The second kappa shape index (κ2) is 6.39. The Hall–Kier alpha value is -2.77. The van der Waals surface area contributed by atoms with Crippen LogP contribution in [0.15, 0.2) is 45.8 Å². The van der Waals surface area contributed by atoms with Gasteiger partial charge in [0.25, 0.3) is 0 Å². The first-order chi connectivity index (χ1) is 13.2. The lowest BCUT2D eigenvalue weighted by Gasteiger charge is -2.12. The molecule has 0 saturated heterocycles. The van der Waals surface area contributed by atoms with E-state index in [0.29, 0.717) is 5.76 Å². The zero-order valence-corrected chi connectivity index (χ0v) is 17.3.